The zero-order valence-corrected chi connectivity index (χ0v) is 17.5. The molecule has 2 N–H and O–H groups in total. The number of nitrogens with zero attached hydrogens (tertiary/aromatic N) is 3. The number of benzene rings is 1. The van der Waals surface area contributed by atoms with Crippen molar-refractivity contribution < 1.29 is 4.79 Å². The van der Waals surface area contributed by atoms with E-state index >= 15 is 0 Å². The normalized spacial score (nSPS) is 17.2. The number of carbonyl (C=O) groups excluding carboxylic acids is 1. The Kier molecular flexibility index (Phi) is 5.21. The molecular formula is C23H27N5O3. The summed E-state index contributed by atoms with van der Waals surface area (Å²) in [4.78, 5) is 44.0. The van der Waals surface area contributed by atoms with Gasteiger partial charge >= 0.3 is 5.69 Å². The lowest BCUT2D eigenvalue weighted by Gasteiger charge is -2.23. The molecule has 2 aromatic heterocycles. The maximum atomic E-state index is 13.4. The molecule has 8 nitrogen and oxygen atoms in total. The van der Waals surface area contributed by atoms with Crippen molar-refractivity contribution >= 4 is 16.9 Å². The largest absolute Gasteiger partial charge is 0.346 e. The Hall–Kier alpha value is -3.16. The Morgan fingerprint density at radius 1 is 1.06 bits per heavy atom. The molecule has 0 atom stereocenters. The highest BCUT2D eigenvalue weighted by molar-refractivity contribution is 5.97. The van der Waals surface area contributed by atoms with Crippen LogP contribution in [0.5, 0.6) is 0 Å². The van der Waals surface area contributed by atoms with Gasteiger partial charge in [0.15, 0.2) is 0 Å². The van der Waals surface area contributed by atoms with Gasteiger partial charge in [-0.1, -0.05) is 19.3 Å². The first-order valence-electron chi connectivity index (χ1n) is 11.2. The number of rotatable bonds is 6. The van der Waals surface area contributed by atoms with Crippen molar-refractivity contribution in [3.63, 3.8) is 0 Å². The minimum Gasteiger partial charge on any atom is -0.346 e. The van der Waals surface area contributed by atoms with Crippen LogP contribution in [0, 0.1) is 5.92 Å². The van der Waals surface area contributed by atoms with Gasteiger partial charge in [-0.15, -0.1) is 0 Å². The van der Waals surface area contributed by atoms with Crippen LogP contribution < -0.4 is 16.6 Å². The third-order valence-corrected chi connectivity index (χ3v) is 6.47. The van der Waals surface area contributed by atoms with Crippen LogP contribution in [0.15, 0.2) is 40.2 Å². The summed E-state index contributed by atoms with van der Waals surface area (Å²) in [5.41, 5.74) is 2.55. The SMILES string of the molecule is O=C(NCc1cc(=O)[nH]cn1)c1ccc2c(c1)n(CC1CC1)c(=O)n2C1CCCCC1. The number of aromatic nitrogens is 4. The Balaban J connectivity index is 1.46. The van der Waals surface area contributed by atoms with Gasteiger partial charge in [0.2, 0.25) is 0 Å². The molecule has 2 aliphatic rings. The fourth-order valence-electron chi connectivity index (χ4n) is 4.63. The fourth-order valence-corrected chi connectivity index (χ4v) is 4.63. The van der Waals surface area contributed by atoms with Gasteiger partial charge in [0.25, 0.3) is 11.5 Å². The van der Waals surface area contributed by atoms with Crippen LogP contribution in [0.25, 0.3) is 11.0 Å². The number of fused-ring (bicyclic) bond motifs is 1. The molecule has 1 amide bonds. The van der Waals surface area contributed by atoms with Crippen LogP contribution >= 0.6 is 0 Å². The van der Waals surface area contributed by atoms with Crippen molar-refractivity contribution in [2.75, 3.05) is 0 Å². The molecule has 2 saturated carbocycles. The molecule has 2 heterocycles. The van der Waals surface area contributed by atoms with Crippen LogP contribution in [0.1, 0.15) is 67.0 Å². The van der Waals surface area contributed by atoms with E-state index in [9.17, 15) is 14.4 Å². The van der Waals surface area contributed by atoms with E-state index in [2.05, 4.69) is 15.3 Å². The number of hydrogen-bond acceptors (Lipinski definition) is 4. The number of nitrogens with one attached hydrogen (secondary N) is 2. The molecule has 1 aromatic carbocycles. The second kappa shape index (κ2) is 8.17. The molecule has 31 heavy (non-hydrogen) atoms. The van der Waals surface area contributed by atoms with Crippen molar-refractivity contribution in [1.82, 2.24) is 24.4 Å². The summed E-state index contributed by atoms with van der Waals surface area (Å²) in [6, 6.07) is 7.13. The Morgan fingerprint density at radius 2 is 1.87 bits per heavy atom. The number of hydrogen-bond donors (Lipinski definition) is 2. The third-order valence-electron chi connectivity index (χ3n) is 6.47. The van der Waals surface area contributed by atoms with Gasteiger partial charge in [-0.05, 0) is 49.8 Å². The zero-order chi connectivity index (χ0) is 21.4. The highest BCUT2D eigenvalue weighted by Gasteiger charge is 2.27. The number of amides is 1. The molecule has 0 unspecified atom stereocenters. The number of carbonyl (C=O) groups is 1. The monoisotopic (exact) mass is 421 g/mol. The van der Waals surface area contributed by atoms with E-state index in [1.807, 2.05) is 21.3 Å². The van der Waals surface area contributed by atoms with Crippen molar-refractivity contribution in [3.05, 3.63) is 62.7 Å². The van der Waals surface area contributed by atoms with E-state index in [4.69, 9.17) is 0 Å². The predicted molar refractivity (Wildman–Crippen MR) is 117 cm³/mol. The maximum absolute atomic E-state index is 13.4. The fraction of sp³-hybridized carbons (Fsp3) is 0.478. The Bertz CT molecular complexity index is 1230. The van der Waals surface area contributed by atoms with Crippen LogP contribution in [0.4, 0.5) is 0 Å². The first kappa shape index (κ1) is 19.8. The van der Waals surface area contributed by atoms with Crippen LogP contribution in [0.3, 0.4) is 0 Å². The third kappa shape index (κ3) is 4.06. The minimum atomic E-state index is -0.256. The highest BCUT2D eigenvalue weighted by atomic mass is 16.2. The lowest BCUT2D eigenvalue weighted by Crippen LogP contribution is -2.29. The molecule has 5 rings (SSSR count). The van der Waals surface area contributed by atoms with E-state index in [1.165, 1.54) is 18.8 Å². The molecule has 2 fully saturated rings. The summed E-state index contributed by atoms with van der Waals surface area (Å²) in [5.74, 6) is 0.308. The van der Waals surface area contributed by atoms with Crippen molar-refractivity contribution in [3.8, 4) is 0 Å². The predicted octanol–water partition coefficient (Wildman–Crippen LogP) is 2.73. The standard InChI is InChI=1S/C23H27N5O3/c29-21-11-17(25-14-26-21)12-24-22(30)16-8-9-19-20(10-16)27(13-15-6-7-15)23(31)28(19)18-4-2-1-3-5-18/h8-11,14-15,18H,1-7,12-13H2,(H,24,30)(H,25,26,29). The molecule has 0 saturated heterocycles. The van der Waals surface area contributed by atoms with Gasteiger partial charge in [0.1, 0.15) is 0 Å². The van der Waals surface area contributed by atoms with Gasteiger partial charge in [0, 0.05) is 24.2 Å². The Morgan fingerprint density at radius 3 is 2.61 bits per heavy atom. The van der Waals surface area contributed by atoms with Gasteiger partial charge in [-0.25, -0.2) is 9.78 Å². The van der Waals surface area contributed by atoms with Gasteiger partial charge in [-0.2, -0.15) is 0 Å². The van der Waals surface area contributed by atoms with E-state index in [0.717, 1.165) is 56.1 Å². The summed E-state index contributed by atoms with van der Waals surface area (Å²) in [5, 5.41) is 2.82. The zero-order valence-electron chi connectivity index (χ0n) is 17.5. The van der Waals surface area contributed by atoms with Crippen LogP contribution in [-0.2, 0) is 13.1 Å². The van der Waals surface area contributed by atoms with Crippen molar-refractivity contribution in [2.24, 2.45) is 5.92 Å². The van der Waals surface area contributed by atoms with Crippen molar-refractivity contribution in [2.45, 2.75) is 64.1 Å². The van der Waals surface area contributed by atoms with Gasteiger partial charge in [0.05, 0.1) is 29.6 Å². The molecule has 0 aliphatic heterocycles. The molecule has 0 spiro atoms. The average molecular weight is 422 g/mol. The lowest BCUT2D eigenvalue weighted by atomic mass is 9.95. The van der Waals surface area contributed by atoms with E-state index < -0.39 is 0 Å². The minimum absolute atomic E-state index is 0.0547. The highest BCUT2D eigenvalue weighted by Crippen LogP contribution is 2.33. The first-order valence-corrected chi connectivity index (χ1v) is 11.2. The second-order valence-corrected chi connectivity index (χ2v) is 8.79. The van der Waals surface area contributed by atoms with Gasteiger partial charge in [-0.3, -0.25) is 18.7 Å². The van der Waals surface area contributed by atoms with Gasteiger partial charge < -0.3 is 10.3 Å². The van der Waals surface area contributed by atoms with Crippen molar-refractivity contribution in [1.29, 1.82) is 0 Å². The molecule has 0 radical (unpaired) electrons. The first-order chi connectivity index (χ1) is 15.1. The molecule has 0 bridgehead atoms. The molecule has 162 valence electrons. The van der Waals surface area contributed by atoms with Crippen LogP contribution in [0.2, 0.25) is 0 Å². The Labute approximate surface area is 179 Å². The molecule has 3 aromatic rings. The average Bonchev–Trinajstić information content (AvgIpc) is 3.57. The molecular weight excluding hydrogens is 394 g/mol. The van der Waals surface area contributed by atoms with E-state index in [1.54, 1.807) is 6.07 Å². The second-order valence-electron chi connectivity index (χ2n) is 8.79. The summed E-state index contributed by atoms with van der Waals surface area (Å²) >= 11 is 0. The summed E-state index contributed by atoms with van der Waals surface area (Å²) in [6.07, 6.45) is 9.25. The van der Waals surface area contributed by atoms with Crippen LogP contribution in [-0.4, -0.2) is 25.0 Å². The molecule has 8 heteroatoms. The number of aromatic amines is 1. The number of imidazole rings is 1. The lowest BCUT2D eigenvalue weighted by molar-refractivity contribution is 0.0950. The van der Waals surface area contributed by atoms with E-state index in [-0.39, 0.29) is 29.7 Å². The smallest absolute Gasteiger partial charge is 0.329 e. The van der Waals surface area contributed by atoms with E-state index in [0.29, 0.717) is 17.2 Å². The summed E-state index contributed by atoms with van der Waals surface area (Å²) < 4.78 is 3.84. The summed E-state index contributed by atoms with van der Waals surface area (Å²) in [6.45, 7) is 0.885. The summed E-state index contributed by atoms with van der Waals surface area (Å²) in [7, 11) is 0. The quantitative estimate of drug-likeness (QED) is 0.639. The topological polar surface area (TPSA) is 102 Å². The number of H-pyrrole nitrogens is 1. The maximum Gasteiger partial charge on any atom is 0.329 e. The molecule has 2 aliphatic carbocycles.